The van der Waals surface area contributed by atoms with E-state index in [1.54, 1.807) is 25.1 Å². The molecule has 0 aliphatic carbocycles. The number of carbonyl (C=O) groups excluding carboxylic acids is 1. The first-order valence-electron chi connectivity index (χ1n) is 6.49. The lowest BCUT2D eigenvalue weighted by Gasteiger charge is -2.24. The van der Waals surface area contributed by atoms with Crippen LogP contribution in [0.25, 0.3) is 0 Å². The van der Waals surface area contributed by atoms with Crippen molar-refractivity contribution in [1.29, 1.82) is 0 Å². The van der Waals surface area contributed by atoms with Crippen LogP contribution in [0.15, 0.2) is 42.5 Å². The van der Waals surface area contributed by atoms with Crippen LogP contribution in [0.1, 0.15) is 35.3 Å². The van der Waals surface area contributed by atoms with Gasteiger partial charge < -0.3 is 5.73 Å². The van der Waals surface area contributed by atoms with Gasteiger partial charge in [0.25, 0.3) is 0 Å². The molecule has 0 spiro atoms. The number of Topliss-reactive ketones (excluding diaryl/α,β-unsaturated/α-hetero) is 1. The summed E-state index contributed by atoms with van der Waals surface area (Å²) in [5, 5.41) is 0. The van der Waals surface area contributed by atoms with Gasteiger partial charge in [-0.05, 0) is 62.2 Å². The summed E-state index contributed by atoms with van der Waals surface area (Å²) in [6.07, 6.45) is 0. The number of hydrogen-bond donors (Lipinski definition) is 1. The first-order chi connectivity index (χ1) is 9.32. The van der Waals surface area contributed by atoms with E-state index in [-0.39, 0.29) is 11.6 Å². The van der Waals surface area contributed by atoms with Crippen LogP contribution in [0.3, 0.4) is 0 Å². The molecule has 0 unspecified atom stereocenters. The molecule has 2 aromatic rings. The second-order valence-corrected chi connectivity index (χ2v) is 5.54. The fourth-order valence-corrected chi connectivity index (χ4v) is 2.18. The number of benzene rings is 2. The molecule has 0 aliphatic heterocycles. The standard InChI is InChI=1S/C17H18FNO/c1-11-10-12(4-9-15(11)18)16(20)17(2,3)13-5-7-14(19)8-6-13/h4-10H,19H2,1-3H3. The van der Waals surface area contributed by atoms with Crippen LogP contribution in [0.4, 0.5) is 10.1 Å². The molecule has 0 bridgehead atoms. The van der Waals surface area contributed by atoms with E-state index in [0.29, 0.717) is 16.8 Å². The molecule has 0 aromatic heterocycles. The Balaban J connectivity index is 2.39. The predicted molar refractivity (Wildman–Crippen MR) is 79.3 cm³/mol. The van der Waals surface area contributed by atoms with Gasteiger partial charge in [0.2, 0.25) is 0 Å². The molecule has 0 fully saturated rings. The van der Waals surface area contributed by atoms with Crippen molar-refractivity contribution >= 4 is 11.5 Å². The fraction of sp³-hybridized carbons (Fsp3) is 0.235. The van der Waals surface area contributed by atoms with Gasteiger partial charge in [-0.3, -0.25) is 4.79 Å². The van der Waals surface area contributed by atoms with Gasteiger partial charge in [0.1, 0.15) is 5.82 Å². The molecular formula is C17H18FNO. The van der Waals surface area contributed by atoms with Crippen LogP contribution in [0.2, 0.25) is 0 Å². The number of ketones is 1. The number of carbonyl (C=O) groups is 1. The third-order valence-electron chi connectivity index (χ3n) is 3.62. The average Bonchev–Trinajstić information content (AvgIpc) is 2.41. The van der Waals surface area contributed by atoms with Gasteiger partial charge in [0, 0.05) is 11.3 Å². The molecule has 2 N–H and O–H groups in total. The van der Waals surface area contributed by atoms with Crippen LogP contribution in [-0.4, -0.2) is 5.78 Å². The Morgan fingerprint density at radius 3 is 2.25 bits per heavy atom. The second kappa shape index (κ2) is 5.08. The first kappa shape index (κ1) is 14.3. The van der Waals surface area contributed by atoms with E-state index in [4.69, 9.17) is 5.73 Å². The number of nitrogens with two attached hydrogens (primary N) is 1. The Kier molecular flexibility index (Phi) is 3.62. The highest BCUT2D eigenvalue weighted by molar-refractivity contribution is 6.03. The number of rotatable bonds is 3. The third kappa shape index (κ3) is 2.57. The van der Waals surface area contributed by atoms with Crippen molar-refractivity contribution < 1.29 is 9.18 Å². The topological polar surface area (TPSA) is 43.1 Å². The minimum Gasteiger partial charge on any atom is -0.399 e. The van der Waals surface area contributed by atoms with E-state index in [0.717, 1.165) is 5.56 Å². The van der Waals surface area contributed by atoms with Crippen molar-refractivity contribution in [2.45, 2.75) is 26.2 Å². The zero-order valence-corrected chi connectivity index (χ0v) is 11.9. The predicted octanol–water partition coefficient (Wildman–Crippen LogP) is 3.88. The van der Waals surface area contributed by atoms with E-state index in [2.05, 4.69) is 0 Å². The molecule has 2 aromatic carbocycles. The maximum absolute atomic E-state index is 13.3. The molecule has 3 heteroatoms. The van der Waals surface area contributed by atoms with Crippen LogP contribution < -0.4 is 5.73 Å². The van der Waals surface area contributed by atoms with Gasteiger partial charge in [-0.1, -0.05) is 12.1 Å². The Morgan fingerprint density at radius 1 is 1.10 bits per heavy atom. The van der Waals surface area contributed by atoms with Crippen LogP contribution in [-0.2, 0) is 5.41 Å². The minimum atomic E-state index is -0.683. The van der Waals surface area contributed by atoms with Crippen molar-refractivity contribution in [1.82, 2.24) is 0 Å². The Labute approximate surface area is 118 Å². The van der Waals surface area contributed by atoms with Crippen molar-refractivity contribution in [3.8, 4) is 0 Å². The first-order valence-corrected chi connectivity index (χ1v) is 6.49. The van der Waals surface area contributed by atoms with Crippen molar-refractivity contribution in [3.63, 3.8) is 0 Å². The van der Waals surface area contributed by atoms with Gasteiger partial charge in [-0.15, -0.1) is 0 Å². The smallest absolute Gasteiger partial charge is 0.172 e. The molecule has 0 saturated carbocycles. The highest BCUT2D eigenvalue weighted by Gasteiger charge is 2.30. The number of halogens is 1. The minimum absolute atomic E-state index is 0.0367. The monoisotopic (exact) mass is 271 g/mol. The van der Waals surface area contributed by atoms with E-state index in [1.807, 2.05) is 26.0 Å². The molecule has 0 radical (unpaired) electrons. The molecule has 20 heavy (non-hydrogen) atoms. The Hall–Kier alpha value is -2.16. The number of nitrogen functional groups attached to an aromatic ring is 1. The number of hydrogen-bond acceptors (Lipinski definition) is 2. The summed E-state index contributed by atoms with van der Waals surface area (Å²) in [5.74, 6) is -0.336. The molecule has 0 aliphatic rings. The van der Waals surface area contributed by atoms with E-state index in [9.17, 15) is 9.18 Å². The lowest BCUT2D eigenvalue weighted by molar-refractivity contribution is 0.0908. The van der Waals surface area contributed by atoms with E-state index < -0.39 is 5.41 Å². The van der Waals surface area contributed by atoms with Crippen LogP contribution >= 0.6 is 0 Å². The van der Waals surface area contributed by atoms with E-state index in [1.165, 1.54) is 12.1 Å². The SMILES string of the molecule is Cc1cc(C(=O)C(C)(C)c2ccc(N)cc2)ccc1F. The summed E-state index contributed by atoms with van der Waals surface area (Å²) in [5.41, 5.74) is 7.53. The molecule has 0 heterocycles. The molecule has 2 rings (SSSR count). The normalized spacial score (nSPS) is 11.4. The lowest BCUT2D eigenvalue weighted by Crippen LogP contribution is -2.29. The molecule has 0 atom stereocenters. The van der Waals surface area contributed by atoms with Crippen molar-refractivity contribution in [2.24, 2.45) is 0 Å². The maximum atomic E-state index is 13.3. The van der Waals surface area contributed by atoms with Crippen molar-refractivity contribution in [3.05, 3.63) is 65.0 Å². The molecular weight excluding hydrogens is 253 g/mol. The van der Waals surface area contributed by atoms with Crippen molar-refractivity contribution in [2.75, 3.05) is 5.73 Å². The quantitative estimate of drug-likeness (QED) is 0.680. The fourth-order valence-electron chi connectivity index (χ4n) is 2.18. The van der Waals surface area contributed by atoms with Crippen LogP contribution in [0.5, 0.6) is 0 Å². The number of anilines is 1. The molecule has 104 valence electrons. The average molecular weight is 271 g/mol. The van der Waals surface area contributed by atoms with Gasteiger partial charge in [0.05, 0.1) is 5.41 Å². The number of aryl methyl sites for hydroxylation is 1. The zero-order valence-electron chi connectivity index (χ0n) is 11.9. The Bertz CT molecular complexity index is 645. The second-order valence-electron chi connectivity index (χ2n) is 5.54. The highest BCUT2D eigenvalue weighted by Crippen LogP contribution is 2.28. The van der Waals surface area contributed by atoms with Crippen LogP contribution in [0, 0.1) is 12.7 Å². The summed E-state index contributed by atoms with van der Waals surface area (Å²) < 4.78 is 13.3. The van der Waals surface area contributed by atoms with Gasteiger partial charge in [-0.2, -0.15) is 0 Å². The summed E-state index contributed by atoms with van der Waals surface area (Å²) in [4.78, 5) is 12.7. The lowest BCUT2D eigenvalue weighted by atomic mass is 9.78. The maximum Gasteiger partial charge on any atom is 0.172 e. The van der Waals surface area contributed by atoms with Gasteiger partial charge in [0.15, 0.2) is 5.78 Å². The Morgan fingerprint density at radius 2 is 1.70 bits per heavy atom. The summed E-state index contributed by atoms with van der Waals surface area (Å²) >= 11 is 0. The summed E-state index contributed by atoms with van der Waals surface area (Å²) in [7, 11) is 0. The zero-order chi connectivity index (χ0) is 14.9. The van der Waals surface area contributed by atoms with Gasteiger partial charge >= 0.3 is 0 Å². The third-order valence-corrected chi connectivity index (χ3v) is 3.62. The summed E-state index contributed by atoms with van der Waals surface area (Å²) in [6, 6.07) is 11.7. The molecule has 0 saturated heterocycles. The molecule has 2 nitrogen and oxygen atoms in total. The largest absolute Gasteiger partial charge is 0.399 e. The van der Waals surface area contributed by atoms with Gasteiger partial charge in [-0.25, -0.2) is 4.39 Å². The molecule has 0 amide bonds. The summed E-state index contributed by atoms with van der Waals surface area (Å²) in [6.45, 7) is 5.38. The highest BCUT2D eigenvalue weighted by atomic mass is 19.1. The van der Waals surface area contributed by atoms with E-state index >= 15 is 0 Å².